The molecule has 0 bridgehead atoms. The number of likely N-dealkylation sites (tertiary alicyclic amines) is 1. The molecule has 1 aliphatic heterocycles. The van der Waals surface area contributed by atoms with E-state index in [-0.39, 0.29) is 28.7 Å². The predicted octanol–water partition coefficient (Wildman–Crippen LogP) is 3.54. The van der Waals surface area contributed by atoms with Crippen LogP contribution in [0.4, 0.5) is 10.1 Å². The van der Waals surface area contributed by atoms with E-state index in [0.29, 0.717) is 24.3 Å². The van der Waals surface area contributed by atoms with Gasteiger partial charge in [0.25, 0.3) is 15.9 Å². The second-order valence-corrected chi connectivity index (χ2v) is 10.4. The standard InChI is InChI=1S/C24H28FN3O4S/c25-19-9-13-22(14-10-19)33(31,32)27-21-11-7-17(8-12-21)24(30)28-15-3-4-18(16-28)23(29)26-20-5-1-2-6-20/h7-14,18,20,27H,1-6,15-16H2,(H,26,29)/t18-/m1/s1. The summed E-state index contributed by atoms with van der Waals surface area (Å²) in [5.74, 6) is -0.871. The minimum absolute atomic E-state index is 0.0324. The van der Waals surface area contributed by atoms with Crippen molar-refractivity contribution in [1.82, 2.24) is 10.2 Å². The number of anilines is 1. The molecule has 176 valence electrons. The SMILES string of the molecule is O=C(NC1CCCC1)[C@@H]1CCCN(C(=O)c2ccc(NS(=O)(=O)c3ccc(F)cc3)cc2)C1. The van der Waals surface area contributed by atoms with Crippen molar-refractivity contribution in [1.29, 1.82) is 0 Å². The molecule has 9 heteroatoms. The molecule has 7 nitrogen and oxygen atoms in total. The van der Waals surface area contributed by atoms with Gasteiger partial charge in [0.15, 0.2) is 0 Å². The van der Waals surface area contributed by atoms with E-state index < -0.39 is 15.8 Å². The summed E-state index contributed by atoms with van der Waals surface area (Å²) in [6.07, 6.45) is 5.89. The highest BCUT2D eigenvalue weighted by molar-refractivity contribution is 7.92. The molecule has 0 aromatic heterocycles. The number of hydrogen-bond donors (Lipinski definition) is 2. The highest BCUT2D eigenvalue weighted by Gasteiger charge is 2.30. The molecule has 1 saturated heterocycles. The topological polar surface area (TPSA) is 95.6 Å². The maximum Gasteiger partial charge on any atom is 0.261 e. The van der Waals surface area contributed by atoms with E-state index in [1.54, 1.807) is 17.0 Å². The molecular formula is C24H28FN3O4S. The minimum atomic E-state index is -3.87. The molecule has 1 heterocycles. The van der Waals surface area contributed by atoms with Crippen molar-refractivity contribution in [3.05, 3.63) is 59.9 Å². The van der Waals surface area contributed by atoms with Gasteiger partial charge in [0.2, 0.25) is 5.91 Å². The van der Waals surface area contributed by atoms with Gasteiger partial charge in [-0.2, -0.15) is 0 Å². The van der Waals surface area contributed by atoms with Crippen LogP contribution in [0.3, 0.4) is 0 Å². The highest BCUT2D eigenvalue weighted by Crippen LogP contribution is 2.23. The molecule has 1 atom stereocenters. The predicted molar refractivity (Wildman–Crippen MR) is 123 cm³/mol. The van der Waals surface area contributed by atoms with Gasteiger partial charge in [-0.05, 0) is 74.2 Å². The summed E-state index contributed by atoms with van der Waals surface area (Å²) < 4.78 is 40.4. The van der Waals surface area contributed by atoms with Gasteiger partial charge in [-0.1, -0.05) is 12.8 Å². The maximum absolute atomic E-state index is 13.1. The number of nitrogens with one attached hydrogen (secondary N) is 2. The van der Waals surface area contributed by atoms with Gasteiger partial charge in [-0.25, -0.2) is 12.8 Å². The van der Waals surface area contributed by atoms with Crippen molar-refractivity contribution in [2.45, 2.75) is 49.5 Å². The molecule has 2 aromatic rings. The Morgan fingerprint density at radius 2 is 1.58 bits per heavy atom. The first kappa shape index (κ1) is 23.2. The summed E-state index contributed by atoms with van der Waals surface area (Å²) >= 11 is 0. The molecular weight excluding hydrogens is 445 g/mol. The number of rotatable bonds is 6. The van der Waals surface area contributed by atoms with E-state index in [1.165, 1.54) is 24.3 Å². The van der Waals surface area contributed by atoms with E-state index in [0.717, 1.165) is 50.7 Å². The van der Waals surface area contributed by atoms with E-state index in [9.17, 15) is 22.4 Å². The largest absolute Gasteiger partial charge is 0.353 e. The van der Waals surface area contributed by atoms with Crippen molar-refractivity contribution >= 4 is 27.5 Å². The van der Waals surface area contributed by atoms with E-state index >= 15 is 0 Å². The number of sulfonamides is 1. The number of halogens is 1. The Morgan fingerprint density at radius 3 is 2.24 bits per heavy atom. The highest BCUT2D eigenvalue weighted by atomic mass is 32.2. The summed E-state index contributed by atoms with van der Waals surface area (Å²) in [5.41, 5.74) is 0.722. The molecule has 2 aromatic carbocycles. The first-order chi connectivity index (χ1) is 15.8. The van der Waals surface area contributed by atoms with Gasteiger partial charge in [0.05, 0.1) is 10.8 Å². The summed E-state index contributed by atoms with van der Waals surface area (Å²) in [5, 5.41) is 3.13. The fraction of sp³-hybridized carbons (Fsp3) is 0.417. The van der Waals surface area contributed by atoms with Gasteiger partial charge < -0.3 is 10.2 Å². The third-order valence-electron chi connectivity index (χ3n) is 6.29. The Hall–Kier alpha value is -2.94. The lowest BCUT2D eigenvalue weighted by Gasteiger charge is -2.32. The van der Waals surface area contributed by atoms with Crippen LogP contribution in [0.2, 0.25) is 0 Å². The normalized spacial score (nSPS) is 19.3. The summed E-state index contributed by atoms with van der Waals surface area (Å²) in [4.78, 5) is 27.3. The molecule has 0 unspecified atom stereocenters. The molecule has 0 spiro atoms. The zero-order valence-corrected chi connectivity index (χ0v) is 19.1. The fourth-order valence-corrected chi connectivity index (χ4v) is 5.51. The lowest BCUT2D eigenvalue weighted by Crippen LogP contribution is -2.47. The van der Waals surface area contributed by atoms with Crippen LogP contribution in [0.1, 0.15) is 48.9 Å². The second-order valence-electron chi connectivity index (χ2n) is 8.72. The molecule has 0 radical (unpaired) electrons. The summed E-state index contributed by atoms with van der Waals surface area (Å²) in [6, 6.07) is 10.9. The van der Waals surface area contributed by atoms with Gasteiger partial charge in [-0.3, -0.25) is 14.3 Å². The van der Waals surface area contributed by atoms with Crippen LogP contribution in [0.25, 0.3) is 0 Å². The number of carbonyl (C=O) groups is 2. The number of benzene rings is 2. The average molecular weight is 474 g/mol. The van der Waals surface area contributed by atoms with Crippen molar-refractivity contribution in [3.63, 3.8) is 0 Å². The Morgan fingerprint density at radius 1 is 0.909 bits per heavy atom. The number of carbonyl (C=O) groups excluding carboxylic acids is 2. The number of amides is 2. The Kier molecular flexibility index (Phi) is 6.97. The Bertz CT molecular complexity index is 1100. The van der Waals surface area contributed by atoms with Crippen LogP contribution in [0, 0.1) is 11.7 Å². The molecule has 2 aliphatic rings. The zero-order chi connectivity index (χ0) is 23.4. The third-order valence-corrected chi connectivity index (χ3v) is 7.69. The quantitative estimate of drug-likeness (QED) is 0.671. The van der Waals surface area contributed by atoms with Gasteiger partial charge >= 0.3 is 0 Å². The van der Waals surface area contributed by atoms with Crippen molar-refractivity contribution in [3.8, 4) is 0 Å². The summed E-state index contributed by atoms with van der Waals surface area (Å²) in [6.45, 7) is 0.974. The zero-order valence-electron chi connectivity index (χ0n) is 18.3. The average Bonchev–Trinajstić information content (AvgIpc) is 3.32. The molecule has 33 heavy (non-hydrogen) atoms. The van der Waals surface area contributed by atoms with E-state index in [2.05, 4.69) is 10.0 Å². The van der Waals surface area contributed by atoms with Crippen LogP contribution in [0.15, 0.2) is 53.4 Å². The van der Waals surface area contributed by atoms with Crippen LogP contribution in [-0.2, 0) is 14.8 Å². The first-order valence-electron chi connectivity index (χ1n) is 11.3. The van der Waals surface area contributed by atoms with Crippen LogP contribution in [0.5, 0.6) is 0 Å². The fourth-order valence-electron chi connectivity index (χ4n) is 4.46. The van der Waals surface area contributed by atoms with Gasteiger partial charge in [0, 0.05) is 30.4 Å². The second kappa shape index (κ2) is 9.91. The molecule has 2 N–H and O–H groups in total. The number of nitrogens with zero attached hydrogens (tertiary/aromatic N) is 1. The maximum atomic E-state index is 13.1. The first-order valence-corrected chi connectivity index (χ1v) is 12.8. The third kappa shape index (κ3) is 5.71. The van der Waals surface area contributed by atoms with E-state index in [1.807, 2.05) is 0 Å². The number of piperidine rings is 1. The van der Waals surface area contributed by atoms with Crippen LogP contribution < -0.4 is 10.0 Å². The number of hydrogen-bond acceptors (Lipinski definition) is 4. The van der Waals surface area contributed by atoms with Crippen molar-refractivity contribution in [2.75, 3.05) is 17.8 Å². The Labute approximate surface area is 193 Å². The summed E-state index contributed by atoms with van der Waals surface area (Å²) in [7, 11) is -3.87. The molecule has 4 rings (SSSR count). The lowest BCUT2D eigenvalue weighted by atomic mass is 9.96. The molecule has 2 fully saturated rings. The van der Waals surface area contributed by atoms with Gasteiger partial charge in [-0.15, -0.1) is 0 Å². The van der Waals surface area contributed by atoms with Crippen LogP contribution >= 0.6 is 0 Å². The molecule has 1 aliphatic carbocycles. The van der Waals surface area contributed by atoms with Crippen molar-refractivity contribution < 1.29 is 22.4 Å². The van der Waals surface area contributed by atoms with Crippen LogP contribution in [-0.4, -0.2) is 44.3 Å². The minimum Gasteiger partial charge on any atom is -0.353 e. The Balaban J connectivity index is 1.37. The monoisotopic (exact) mass is 473 g/mol. The van der Waals surface area contributed by atoms with Gasteiger partial charge in [0.1, 0.15) is 5.82 Å². The van der Waals surface area contributed by atoms with Crippen molar-refractivity contribution in [2.24, 2.45) is 5.92 Å². The molecule has 2 amide bonds. The van der Waals surface area contributed by atoms with E-state index in [4.69, 9.17) is 0 Å². The molecule has 1 saturated carbocycles. The lowest BCUT2D eigenvalue weighted by molar-refractivity contribution is -0.127. The smallest absolute Gasteiger partial charge is 0.261 e.